The summed E-state index contributed by atoms with van der Waals surface area (Å²) in [5.74, 6) is 0.839. The second-order valence-electron chi connectivity index (χ2n) is 3.39. The molecule has 0 aliphatic heterocycles. The van der Waals surface area contributed by atoms with Crippen LogP contribution in [-0.4, -0.2) is 26.9 Å². The molecule has 0 aliphatic carbocycles. The molecule has 0 saturated carbocycles. The Morgan fingerprint density at radius 1 is 1.25 bits per heavy atom. The minimum atomic E-state index is 0.607. The highest BCUT2D eigenvalue weighted by molar-refractivity contribution is 7.71. The highest BCUT2D eigenvalue weighted by Crippen LogP contribution is 2.11. The van der Waals surface area contributed by atoms with Crippen molar-refractivity contribution in [3.8, 4) is 5.75 Å². The van der Waals surface area contributed by atoms with Gasteiger partial charge in [0.15, 0.2) is 0 Å². The average Bonchev–Trinajstić information content (AvgIpc) is 2.62. The summed E-state index contributed by atoms with van der Waals surface area (Å²) >= 11 is 5.15. The van der Waals surface area contributed by atoms with Crippen molar-refractivity contribution in [2.24, 2.45) is 7.05 Å². The third-order valence-corrected chi connectivity index (χ3v) is 2.75. The molecule has 0 bridgehead atoms. The van der Waals surface area contributed by atoms with E-state index in [1.807, 2.05) is 24.3 Å². The highest BCUT2D eigenvalue weighted by Gasteiger charge is 2.01. The predicted molar refractivity (Wildman–Crippen MR) is 61.9 cm³/mol. The van der Waals surface area contributed by atoms with Crippen molar-refractivity contribution in [1.29, 1.82) is 0 Å². The van der Waals surface area contributed by atoms with E-state index < -0.39 is 0 Å². The molecule has 6 heteroatoms. The predicted octanol–water partition coefficient (Wildman–Crippen LogP) is 1.40. The van der Waals surface area contributed by atoms with Crippen molar-refractivity contribution in [2.75, 3.05) is 7.11 Å². The fraction of sp³-hybridized carbons (Fsp3) is 0.300. The number of aromatic nitrogens is 4. The van der Waals surface area contributed by atoms with Gasteiger partial charge in [-0.15, -0.1) is 0 Å². The SMILES string of the molecule is COc1ccc(Cn2nnn(C)c2=S)cc1. The van der Waals surface area contributed by atoms with Gasteiger partial charge in [-0.3, -0.25) is 0 Å². The number of hydrogen-bond donors (Lipinski definition) is 0. The number of ether oxygens (including phenoxy) is 1. The average molecular weight is 236 g/mol. The van der Waals surface area contributed by atoms with Crippen molar-refractivity contribution in [1.82, 2.24) is 19.8 Å². The Labute approximate surface area is 98.2 Å². The second kappa shape index (κ2) is 4.44. The third kappa shape index (κ3) is 2.11. The highest BCUT2D eigenvalue weighted by atomic mass is 32.1. The maximum absolute atomic E-state index is 5.15. The number of methoxy groups -OCH3 is 1. The normalized spacial score (nSPS) is 10.4. The molecule has 16 heavy (non-hydrogen) atoms. The molecule has 0 amide bonds. The minimum absolute atomic E-state index is 0.607. The molecule has 0 spiro atoms. The number of tetrazole rings is 1. The molecule has 0 N–H and O–H groups in total. The first kappa shape index (κ1) is 10.8. The Bertz CT molecular complexity index is 528. The second-order valence-corrected chi connectivity index (χ2v) is 3.76. The van der Waals surface area contributed by atoms with Gasteiger partial charge in [0.2, 0.25) is 4.77 Å². The van der Waals surface area contributed by atoms with Crippen LogP contribution in [0.25, 0.3) is 0 Å². The zero-order chi connectivity index (χ0) is 11.5. The Balaban J connectivity index is 2.21. The van der Waals surface area contributed by atoms with Crippen LogP contribution < -0.4 is 4.74 Å². The smallest absolute Gasteiger partial charge is 0.215 e. The van der Waals surface area contributed by atoms with Gasteiger partial charge in [-0.2, -0.15) is 0 Å². The van der Waals surface area contributed by atoms with E-state index in [4.69, 9.17) is 17.0 Å². The van der Waals surface area contributed by atoms with E-state index in [1.54, 1.807) is 23.5 Å². The summed E-state index contributed by atoms with van der Waals surface area (Å²) < 4.78 is 8.94. The molecule has 0 aliphatic rings. The summed E-state index contributed by atoms with van der Waals surface area (Å²) in [7, 11) is 3.42. The lowest BCUT2D eigenvalue weighted by Gasteiger charge is -2.02. The van der Waals surface area contributed by atoms with E-state index in [1.165, 1.54) is 0 Å². The Kier molecular flexibility index (Phi) is 3.00. The Morgan fingerprint density at radius 3 is 2.44 bits per heavy atom. The Hall–Kier alpha value is -1.69. The van der Waals surface area contributed by atoms with Crippen molar-refractivity contribution in [2.45, 2.75) is 6.54 Å². The van der Waals surface area contributed by atoms with Crippen LogP contribution in [0.2, 0.25) is 0 Å². The zero-order valence-electron chi connectivity index (χ0n) is 9.12. The topological polar surface area (TPSA) is 44.9 Å². The van der Waals surface area contributed by atoms with Crippen LogP contribution in [0.5, 0.6) is 5.75 Å². The zero-order valence-corrected chi connectivity index (χ0v) is 9.94. The summed E-state index contributed by atoms with van der Waals surface area (Å²) in [4.78, 5) is 0. The minimum Gasteiger partial charge on any atom is -0.497 e. The van der Waals surface area contributed by atoms with Gasteiger partial charge in [-0.25, -0.2) is 9.36 Å². The molecule has 0 saturated heterocycles. The van der Waals surface area contributed by atoms with Crippen molar-refractivity contribution in [3.05, 3.63) is 34.6 Å². The standard InChI is InChI=1S/C10H12N4OS/c1-13-10(16)14(12-11-13)7-8-3-5-9(15-2)6-4-8/h3-6H,7H2,1-2H3. The molecule has 1 heterocycles. The van der Waals surface area contributed by atoms with E-state index in [0.717, 1.165) is 11.3 Å². The Morgan fingerprint density at radius 2 is 1.94 bits per heavy atom. The van der Waals surface area contributed by atoms with Crippen LogP contribution >= 0.6 is 12.2 Å². The first-order valence-corrected chi connectivity index (χ1v) is 5.21. The van der Waals surface area contributed by atoms with Gasteiger partial charge in [0.05, 0.1) is 13.7 Å². The van der Waals surface area contributed by atoms with E-state index in [2.05, 4.69) is 10.4 Å². The van der Waals surface area contributed by atoms with Crippen LogP contribution in [-0.2, 0) is 13.6 Å². The van der Waals surface area contributed by atoms with Crippen LogP contribution in [0.1, 0.15) is 5.56 Å². The summed E-state index contributed by atoms with van der Waals surface area (Å²) in [6.07, 6.45) is 0. The van der Waals surface area contributed by atoms with E-state index in [0.29, 0.717) is 11.3 Å². The molecule has 1 aromatic heterocycles. The van der Waals surface area contributed by atoms with Gasteiger partial charge in [0.1, 0.15) is 5.75 Å². The van der Waals surface area contributed by atoms with Gasteiger partial charge in [0.25, 0.3) is 0 Å². The van der Waals surface area contributed by atoms with Gasteiger partial charge >= 0.3 is 0 Å². The first-order chi connectivity index (χ1) is 7.70. The molecule has 2 rings (SSSR count). The fourth-order valence-corrected chi connectivity index (χ4v) is 1.49. The number of nitrogens with zero attached hydrogens (tertiary/aromatic N) is 4. The van der Waals surface area contributed by atoms with Gasteiger partial charge in [0, 0.05) is 7.05 Å². The van der Waals surface area contributed by atoms with Gasteiger partial charge in [-0.05, 0) is 40.3 Å². The number of rotatable bonds is 3. The molecule has 0 unspecified atom stereocenters. The summed E-state index contributed by atoms with van der Waals surface area (Å²) in [5, 5.41) is 7.79. The molecular weight excluding hydrogens is 224 g/mol. The molecule has 5 nitrogen and oxygen atoms in total. The summed E-state index contributed by atoms with van der Waals surface area (Å²) in [6.45, 7) is 0.622. The monoisotopic (exact) mass is 236 g/mol. The quantitative estimate of drug-likeness (QED) is 0.756. The van der Waals surface area contributed by atoms with E-state index >= 15 is 0 Å². The van der Waals surface area contributed by atoms with Crippen LogP contribution in [0, 0.1) is 4.77 Å². The van der Waals surface area contributed by atoms with Crippen molar-refractivity contribution < 1.29 is 4.74 Å². The number of hydrogen-bond acceptors (Lipinski definition) is 4. The van der Waals surface area contributed by atoms with Crippen molar-refractivity contribution >= 4 is 12.2 Å². The lowest BCUT2D eigenvalue weighted by Crippen LogP contribution is -2.02. The number of benzene rings is 1. The van der Waals surface area contributed by atoms with Crippen LogP contribution in [0.15, 0.2) is 24.3 Å². The van der Waals surface area contributed by atoms with Gasteiger partial charge < -0.3 is 4.74 Å². The van der Waals surface area contributed by atoms with E-state index in [-0.39, 0.29) is 0 Å². The fourth-order valence-electron chi connectivity index (χ4n) is 1.35. The third-order valence-electron chi connectivity index (χ3n) is 2.27. The van der Waals surface area contributed by atoms with Crippen LogP contribution in [0.3, 0.4) is 0 Å². The maximum Gasteiger partial charge on any atom is 0.215 e. The van der Waals surface area contributed by atoms with Crippen LogP contribution in [0.4, 0.5) is 0 Å². The first-order valence-electron chi connectivity index (χ1n) is 4.80. The molecule has 1 aromatic carbocycles. The maximum atomic E-state index is 5.15. The summed E-state index contributed by atoms with van der Waals surface area (Å²) in [6, 6.07) is 7.79. The largest absolute Gasteiger partial charge is 0.497 e. The number of aryl methyl sites for hydroxylation is 1. The summed E-state index contributed by atoms with van der Waals surface area (Å²) in [5.41, 5.74) is 1.11. The molecule has 84 valence electrons. The lowest BCUT2D eigenvalue weighted by atomic mass is 10.2. The molecule has 0 fully saturated rings. The van der Waals surface area contributed by atoms with Gasteiger partial charge in [-0.1, -0.05) is 12.1 Å². The molecule has 2 aromatic rings. The lowest BCUT2D eigenvalue weighted by molar-refractivity contribution is 0.414. The van der Waals surface area contributed by atoms with E-state index in [9.17, 15) is 0 Å². The molecular formula is C10H12N4OS. The molecule has 0 radical (unpaired) electrons. The molecule has 0 atom stereocenters. The van der Waals surface area contributed by atoms with Crippen molar-refractivity contribution in [3.63, 3.8) is 0 Å².